The summed E-state index contributed by atoms with van der Waals surface area (Å²) in [6, 6.07) is 2.99. The van der Waals surface area contributed by atoms with Crippen LogP contribution in [0, 0.1) is 5.82 Å². The van der Waals surface area contributed by atoms with E-state index in [4.69, 9.17) is 16.8 Å². The lowest BCUT2D eigenvalue weighted by Gasteiger charge is -2.11. The van der Waals surface area contributed by atoms with Gasteiger partial charge in [0, 0.05) is 21.8 Å². The molecule has 1 aromatic heterocycles. The first kappa shape index (κ1) is 16.7. The van der Waals surface area contributed by atoms with Gasteiger partial charge in [0.15, 0.2) is 0 Å². The zero-order valence-corrected chi connectivity index (χ0v) is 12.8. The number of alkyl halides is 3. The highest BCUT2D eigenvalue weighted by Crippen LogP contribution is 2.35. The number of hydrogen-bond acceptors (Lipinski definition) is 3. The van der Waals surface area contributed by atoms with Crippen molar-refractivity contribution in [2.45, 2.75) is 6.18 Å². The number of nitrogens with zero attached hydrogens (tertiary/aromatic N) is 2. The summed E-state index contributed by atoms with van der Waals surface area (Å²) in [5, 5.41) is 11.0. The number of aromatic nitrogens is 1. The minimum atomic E-state index is -4.60. The van der Waals surface area contributed by atoms with Crippen molar-refractivity contribution >= 4 is 33.7 Å². The van der Waals surface area contributed by atoms with Gasteiger partial charge in [-0.2, -0.15) is 13.2 Å². The third kappa shape index (κ3) is 3.38. The fraction of sp³-hybridized carbons (Fsp3) is 0.0769. The van der Waals surface area contributed by atoms with E-state index < -0.39 is 17.6 Å². The van der Waals surface area contributed by atoms with Crippen LogP contribution in [0.2, 0.25) is 5.02 Å². The summed E-state index contributed by atoms with van der Waals surface area (Å²) in [5.74, 6) is -0.740. The van der Waals surface area contributed by atoms with Crippen LogP contribution in [0.15, 0.2) is 34.0 Å². The Kier molecular flexibility index (Phi) is 4.72. The van der Waals surface area contributed by atoms with Crippen LogP contribution in [0.25, 0.3) is 11.3 Å². The van der Waals surface area contributed by atoms with Crippen LogP contribution in [-0.4, -0.2) is 16.4 Å². The molecule has 2 rings (SSSR count). The molecule has 0 spiro atoms. The Morgan fingerprint density at radius 1 is 1.27 bits per heavy atom. The molecule has 0 bridgehead atoms. The molecule has 0 atom stereocenters. The van der Waals surface area contributed by atoms with Gasteiger partial charge in [0.25, 0.3) is 0 Å². The minimum absolute atomic E-state index is 0.114. The molecule has 0 fully saturated rings. The topological polar surface area (TPSA) is 45.5 Å². The van der Waals surface area contributed by atoms with Gasteiger partial charge in [-0.15, -0.1) is 0 Å². The molecule has 0 radical (unpaired) electrons. The minimum Gasteiger partial charge on any atom is -0.411 e. The largest absolute Gasteiger partial charge is 0.417 e. The molecular weight excluding hydrogens is 392 g/mol. The summed E-state index contributed by atoms with van der Waals surface area (Å²) in [5.41, 5.74) is -0.989. The highest BCUT2D eigenvalue weighted by Gasteiger charge is 2.31. The van der Waals surface area contributed by atoms with Crippen molar-refractivity contribution in [3.05, 3.63) is 50.8 Å². The van der Waals surface area contributed by atoms with E-state index in [0.717, 1.165) is 12.3 Å². The lowest BCUT2D eigenvalue weighted by molar-refractivity contribution is -0.137. The molecule has 3 nitrogen and oxygen atoms in total. The Balaban J connectivity index is 2.59. The van der Waals surface area contributed by atoms with Crippen molar-refractivity contribution in [3.8, 4) is 11.3 Å². The zero-order chi connectivity index (χ0) is 16.5. The fourth-order valence-corrected chi connectivity index (χ4v) is 2.39. The third-order valence-corrected chi connectivity index (χ3v) is 3.68. The Morgan fingerprint density at radius 3 is 2.50 bits per heavy atom. The van der Waals surface area contributed by atoms with E-state index in [1.54, 1.807) is 0 Å². The van der Waals surface area contributed by atoms with Crippen molar-refractivity contribution in [1.82, 2.24) is 4.98 Å². The third-order valence-electron chi connectivity index (χ3n) is 2.71. The van der Waals surface area contributed by atoms with Crippen molar-refractivity contribution in [1.29, 1.82) is 0 Å². The van der Waals surface area contributed by atoms with E-state index in [2.05, 4.69) is 26.1 Å². The zero-order valence-electron chi connectivity index (χ0n) is 10.5. The molecule has 0 saturated heterocycles. The maximum absolute atomic E-state index is 14.0. The molecule has 22 heavy (non-hydrogen) atoms. The molecule has 1 aromatic carbocycles. The average molecular weight is 398 g/mol. The Hall–Kier alpha value is -1.67. The van der Waals surface area contributed by atoms with Gasteiger partial charge in [0.2, 0.25) is 0 Å². The van der Waals surface area contributed by atoms with Gasteiger partial charge in [-0.25, -0.2) is 4.39 Å². The lowest BCUT2D eigenvalue weighted by Crippen LogP contribution is -2.06. The van der Waals surface area contributed by atoms with Crippen LogP contribution in [0.4, 0.5) is 17.6 Å². The van der Waals surface area contributed by atoms with Crippen LogP contribution in [0.1, 0.15) is 11.1 Å². The Morgan fingerprint density at radius 2 is 1.95 bits per heavy atom. The van der Waals surface area contributed by atoms with Gasteiger partial charge in [-0.3, -0.25) is 4.98 Å². The number of oxime groups is 1. The standard InChI is InChI=1S/C13H6BrClF4N2O/c14-9-3-11(16)8(1-6(9)4-21-22)12-10(15)2-7(5-20-12)13(17,18)19/h1-5,22H/b21-4+. The number of hydrogen-bond donors (Lipinski definition) is 1. The van der Waals surface area contributed by atoms with Crippen molar-refractivity contribution in [2.75, 3.05) is 0 Å². The molecule has 0 aliphatic rings. The molecule has 0 unspecified atom stereocenters. The van der Waals surface area contributed by atoms with E-state index in [1.807, 2.05) is 0 Å². The Bertz CT molecular complexity index is 750. The van der Waals surface area contributed by atoms with Gasteiger partial charge in [-0.05, 0) is 18.2 Å². The maximum Gasteiger partial charge on any atom is 0.417 e. The predicted octanol–water partition coefficient (Wildman–Crippen LogP) is 5.13. The highest BCUT2D eigenvalue weighted by molar-refractivity contribution is 9.10. The van der Waals surface area contributed by atoms with Gasteiger partial charge in [0.05, 0.1) is 22.5 Å². The second kappa shape index (κ2) is 6.21. The van der Waals surface area contributed by atoms with E-state index in [-0.39, 0.29) is 16.3 Å². The maximum atomic E-state index is 14.0. The van der Waals surface area contributed by atoms with Gasteiger partial charge in [0.1, 0.15) is 5.82 Å². The molecule has 116 valence electrons. The van der Waals surface area contributed by atoms with Gasteiger partial charge in [-0.1, -0.05) is 32.7 Å². The molecule has 0 aliphatic heterocycles. The quantitative estimate of drug-likeness (QED) is 0.330. The van der Waals surface area contributed by atoms with E-state index in [9.17, 15) is 17.6 Å². The summed E-state index contributed by atoms with van der Waals surface area (Å²) in [6.45, 7) is 0. The molecule has 2 aromatic rings. The summed E-state index contributed by atoms with van der Waals surface area (Å²) < 4.78 is 52.0. The molecule has 9 heteroatoms. The summed E-state index contributed by atoms with van der Waals surface area (Å²) in [7, 11) is 0. The van der Waals surface area contributed by atoms with Crippen molar-refractivity contribution in [2.24, 2.45) is 5.16 Å². The number of benzene rings is 1. The summed E-state index contributed by atoms with van der Waals surface area (Å²) >= 11 is 8.85. The lowest BCUT2D eigenvalue weighted by atomic mass is 10.1. The fourth-order valence-electron chi connectivity index (χ4n) is 1.70. The monoisotopic (exact) mass is 396 g/mol. The van der Waals surface area contributed by atoms with Gasteiger partial charge >= 0.3 is 6.18 Å². The van der Waals surface area contributed by atoms with E-state index in [0.29, 0.717) is 22.3 Å². The predicted molar refractivity (Wildman–Crippen MR) is 76.7 cm³/mol. The first-order valence-corrected chi connectivity index (χ1v) is 6.80. The van der Waals surface area contributed by atoms with Crippen LogP contribution in [-0.2, 0) is 6.18 Å². The highest BCUT2D eigenvalue weighted by atomic mass is 79.9. The van der Waals surface area contributed by atoms with E-state index >= 15 is 0 Å². The molecule has 1 N–H and O–H groups in total. The molecule has 1 heterocycles. The van der Waals surface area contributed by atoms with Crippen LogP contribution in [0.3, 0.4) is 0 Å². The second-order valence-corrected chi connectivity index (χ2v) is 5.41. The SMILES string of the molecule is O/N=C/c1cc(-c2ncc(C(F)(F)F)cc2Cl)c(F)cc1Br. The first-order chi connectivity index (χ1) is 10.2. The molecule has 0 amide bonds. The molecular formula is C13H6BrClF4N2O. The van der Waals surface area contributed by atoms with Gasteiger partial charge < -0.3 is 5.21 Å². The van der Waals surface area contributed by atoms with Crippen molar-refractivity contribution in [3.63, 3.8) is 0 Å². The first-order valence-electron chi connectivity index (χ1n) is 5.63. The Labute approximate surface area is 135 Å². The second-order valence-electron chi connectivity index (χ2n) is 4.15. The smallest absolute Gasteiger partial charge is 0.411 e. The normalized spacial score (nSPS) is 12.1. The summed E-state index contributed by atoms with van der Waals surface area (Å²) in [6.07, 6.45) is -2.99. The van der Waals surface area contributed by atoms with Crippen LogP contribution < -0.4 is 0 Å². The van der Waals surface area contributed by atoms with Crippen LogP contribution in [0.5, 0.6) is 0 Å². The van der Waals surface area contributed by atoms with Crippen LogP contribution >= 0.6 is 27.5 Å². The average Bonchev–Trinajstić information content (AvgIpc) is 2.41. The van der Waals surface area contributed by atoms with Crippen molar-refractivity contribution < 1.29 is 22.8 Å². The summed E-state index contributed by atoms with van der Waals surface area (Å²) in [4.78, 5) is 3.59. The molecule has 0 saturated carbocycles. The number of rotatable bonds is 2. The molecule has 0 aliphatic carbocycles. The number of pyridine rings is 1. The number of halogens is 6. The van der Waals surface area contributed by atoms with E-state index in [1.165, 1.54) is 6.07 Å².